The fraction of sp³-hybridized carbons (Fsp3) is 0.250. The zero-order chi connectivity index (χ0) is 14.7. The number of likely N-dealkylation sites (N-methyl/N-ethyl adjacent to an activating group) is 1. The second-order valence-electron chi connectivity index (χ2n) is 4.76. The second-order valence-corrected chi connectivity index (χ2v) is 6.88. The molecule has 0 radical (unpaired) electrons. The van der Waals surface area contributed by atoms with Crippen molar-refractivity contribution in [1.82, 2.24) is 5.32 Å². The molecular weight excluding hydrogens is 401 g/mol. The minimum absolute atomic E-state index is 0.225. The Morgan fingerprint density at radius 2 is 1.95 bits per heavy atom. The van der Waals surface area contributed by atoms with Crippen LogP contribution in [0.5, 0.6) is 0 Å². The van der Waals surface area contributed by atoms with E-state index in [2.05, 4.69) is 68.4 Å². The van der Waals surface area contributed by atoms with E-state index in [0.717, 1.165) is 26.0 Å². The number of benzene rings is 2. The first kappa shape index (κ1) is 16.0. The molecule has 1 N–H and O–H groups in total. The van der Waals surface area contributed by atoms with Crippen LogP contribution in [0.1, 0.15) is 22.7 Å². The van der Waals surface area contributed by atoms with Crippen LogP contribution in [0.4, 0.5) is 0 Å². The summed E-state index contributed by atoms with van der Waals surface area (Å²) < 4.78 is 2.16. The highest BCUT2D eigenvalue weighted by Crippen LogP contribution is 2.31. The maximum atomic E-state index is 6.32. The van der Waals surface area contributed by atoms with Crippen LogP contribution in [0.2, 0.25) is 5.02 Å². The van der Waals surface area contributed by atoms with Gasteiger partial charge in [0.15, 0.2) is 0 Å². The van der Waals surface area contributed by atoms with Gasteiger partial charge in [-0.25, -0.2) is 0 Å². The maximum absolute atomic E-state index is 6.32. The van der Waals surface area contributed by atoms with Crippen LogP contribution >= 0.6 is 43.5 Å². The Morgan fingerprint density at radius 1 is 1.20 bits per heavy atom. The number of hydrogen-bond acceptors (Lipinski definition) is 1. The second kappa shape index (κ2) is 7.08. The van der Waals surface area contributed by atoms with Gasteiger partial charge in [-0.1, -0.05) is 67.7 Å². The molecule has 0 saturated carbocycles. The molecule has 20 heavy (non-hydrogen) atoms. The molecule has 0 heterocycles. The summed E-state index contributed by atoms with van der Waals surface area (Å²) in [5.74, 6) is 0. The Balaban J connectivity index is 2.31. The Hall–Kier alpha value is -0.350. The monoisotopic (exact) mass is 415 g/mol. The lowest BCUT2D eigenvalue weighted by atomic mass is 9.97. The average Bonchev–Trinajstić information content (AvgIpc) is 2.42. The van der Waals surface area contributed by atoms with Crippen molar-refractivity contribution < 1.29 is 0 Å². The van der Waals surface area contributed by atoms with Crippen molar-refractivity contribution in [3.63, 3.8) is 0 Å². The fourth-order valence-corrected chi connectivity index (χ4v) is 3.51. The third-order valence-corrected chi connectivity index (χ3v) is 5.31. The number of aryl methyl sites for hydroxylation is 1. The van der Waals surface area contributed by atoms with Crippen LogP contribution in [0.3, 0.4) is 0 Å². The highest BCUT2D eigenvalue weighted by atomic mass is 79.9. The Bertz CT molecular complexity index is 613. The summed E-state index contributed by atoms with van der Waals surface area (Å²) in [4.78, 5) is 0. The van der Waals surface area contributed by atoms with Crippen molar-refractivity contribution in [2.45, 2.75) is 19.4 Å². The van der Waals surface area contributed by atoms with Crippen molar-refractivity contribution in [1.29, 1.82) is 0 Å². The fourth-order valence-electron chi connectivity index (χ4n) is 2.21. The minimum atomic E-state index is 0.225. The molecule has 2 rings (SSSR count). The smallest absolute Gasteiger partial charge is 0.0449 e. The van der Waals surface area contributed by atoms with E-state index in [9.17, 15) is 0 Å². The summed E-state index contributed by atoms with van der Waals surface area (Å²) in [6.45, 7) is 2.10. The van der Waals surface area contributed by atoms with Crippen molar-refractivity contribution in [3.05, 3.63) is 67.1 Å². The van der Waals surface area contributed by atoms with E-state index in [1.165, 1.54) is 11.1 Å². The van der Waals surface area contributed by atoms with Crippen molar-refractivity contribution in [2.24, 2.45) is 0 Å². The minimum Gasteiger partial charge on any atom is -0.313 e. The van der Waals surface area contributed by atoms with E-state index in [1.54, 1.807) is 0 Å². The molecule has 2 aromatic rings. The van der Waals surface area contributed by atoms with Crippen LogP contribution in [0.15, 0.2) is 45.3 Å². The van der Waals surface area contributed by atoms with E-state index >= 15 is 0 Å². The summed E-state index contributed by atoms with van der Waals surface area (Å²) in [6.07, 6.45) is 0.852. The highest BCUT2D eigenvalue weighted by Gasteiger charge is 2.15. The zero-order valence-electron chi connectivity index (χ0n) is 11.4. The molecule has 0 saturated heterocycles. The first-order valence-electron chi connectivity index (χ1n) is 6.39. The van der Waals surface area contributed by atoms with Gasteiger partial charge in [0.05, 0.1) is 0 Å². The predicted octanol–water partition coefficient (Wildman–Crippen LogP) is 5.68. The predicted molar refractivity (Wildman–Crippen MR) is 93.5 cm³/mol. The van der Waals surface area contributed by atoms with E-state index in [-0.39, 0.29) is 6.04 Å². The molecule has 2 aromatic carbocycles. The first-order chi connectivity index (χ1) is 9.52. The molecular formula is C16H16Br2ClN. The van der Waals surface area contributed by atoms with Crippen molar-refractivity contribution in [3.8, 4) is 0 Å². The molecule has 0 spiro atoms. The molecule has 0 aliphatic carbocycles. The lowest BCUT2D eigenvalue weighted by Gasteiger charge is -2.20. The average molecular weight is 418 g/mol. The van der Waals surface area contributed by atoms with Crippen LogP contribution < -0.4 is 5.32 Å². The molecule has 1 unspecified atom stereocenters. The SMILES string of the molecule is CNC(Cc1ccc(Br)cc1Cl)c1cccc(C)c1Br. The molecule has 0 aliphatic heterocycles. The van der Waals surface area contributed by atoms with Crippen LogP contribution in [-0.2, 0) is 6.42 Å². The summed E-state index contributed by atoms with van der Waals surface area (Å²) in [5, 5.41) is 4.17. The molecule has 1 atom stereocenters. The molecule has 0 aromatic heterocycles. The van der Waals surface area contributed by atoms with Crippen LogP contribution in [0.25, 0.3) is 0 Å². The standard InChI is InChI=1S/C16H16Br2ClN/c1-10-4-3-5-13(16(10)18)15(20-2)8-11-6-7-12(17)9-14(11)19/h3-7,9,15,20H,8H2,1-2H3. The summed E-state index contributed by atoms with van der Waals surface area (Å²) in [6, 6.07) is 12.6. The molecule has 0 bridgehead atoms. The number of hydrogen-bond donors (Lipinski definition) is 1. The van der Waals surface area contributed by atoms with Gasteiger partial charge in [0.2, 0.25) is 0 Å². The molecule has 0 fully saturated rings. The van der Waals surface area contributed by atoms with E-state index in [1.807, 2.05) is 19.2 Å². The number of nitrogens with one attached hydrogen (secondary N) is 1. The maximum Gasteiger partial charge on any atom is 0.0449 e. The third-order valence-electron chi connectivity index (χ3n) is 3.38. The Kier molecular flexibility index (Phi) is 5.67. The van der Waals surface area contributed by atoms with Gasteiger partial charge in [0.25, 0.3) is 0 Å². The first-order valence-corrected chi connectivity index (χ1v) is 8.35. The van der Waals surface area contributed by atoms with Gasteiger partial charge >= 0.3 is 0 Å². The van der Waals surface area contributed by atoms with Gasteiger partial charge in [0, 0.05) is 20.0 Å². The third kappa shape index (κ3) is 3.64. The quantitative estimate of drug-likeness (QED) is 0.675. The van der Waals surface area contributed by atoms with E-state index in [0.29, 0.717) is 0 Å². The van der Waals surface area contributed by atoms with Crippen LogP contribution in [-0.4, -0.2) is 7.05 Å². The lowest BCUT2D eigenvalue weighted by Crippen LogP contribution is -2.19. The van der Waals surface area contributed by atoms with Crippen molar-refractivity contribution in [2.75, 3.05) is 7.05 Å². The number of rotatable bonds is 4. The Labute approximate surface area is 142 Å². The van der Waals surface area contributed by atoms with Crippen molar-refractivity contribution >= 4 is 43.5 Å². The lowest BCUT2D eigenvalue weighted by molar-refractivity contribution is 0.589. The van der Waals surface area contributed by atoms with Gasteiger partial charge in [-0.3, -0.25) is 0 Å². The van der Waals surface area contributed by atoms with Gasteiger partial charge < -0.3 is 5.32 Å². The molecule has 0 amide bonds. The largest absolute Gasteiger partial charge is 0.313 e. The molecule has 0 aliphatic rings. The van der Waals surface area contributed by atoms with Gasteiger partial charge in [0.1, 0.15) is 0 Å². The normalized spacial score (nSPS) is 12.4. The summed E-state index contributed by atoms with van der Waals surface area (Å²) in [7, 11) is 1.98. The highest BCUT2D eigenvalue weighted by molar-refractivity contribution is 9.10. The molecule has 4 heteroatoms. The van der Waals surface area contributed by atoms with Gasteiger partial charge in [-0.2, -0.15) is 0 Å². The van der Waals surface area contributed by atoms with Gasteiger partial charge in [-0.15, -0.1) is 0 Å². The van der Waals surface area contributed by atoms with Crippen LogP contribution in [0, 0.1) is 6.92 Å². The zero-order valence-corrected chi connectivity index (χ0v) is 15.3. The van der Waals surface area contributed by atoms with E-state index < -0.39 is 0 Å². The van der Waals surface area contributed by atoms with E-state index in [4.69, 9.17) is 11.6 Å². The topological polar surface area (TPSA) is 12.0 Å². The number of halogens is 3. The summed E-state index contributed by atoms with van der Waals surface area (Å²) >= 11 is 13.4. The Morgan fingerprint density at radius 3 is 2.60 bits per heavy atom. The molecule has 1 nitrogen and oxygen atoms in total. The summed E-state index contributed by atoms with van der Waals surface area (Å²) in [5.41, 5.74) is 3.64. The van der Waals surface area contributed by atoms with Gasteiger partial charge in [-0.05, 0) is 49.2 Å². The molecule has 106 valence electrons.